The first-order valence-electron chi connectivity index (χ1n) is 13.3. The van der Waals surface area contributed by atoms with Gasteiger partial charge in [0.25, 0.3) is 0 Å². The Morgan fingerprint density at radius 1 is 0.794 bits per heavy atom. The summed E-state index contributed by atoms with van der Waals surface area (Å²) in [6, 6.07) is 0. The van der Waals surface area contributed by atoms with Crippen molar-refractivity contribution in [3.05, 3.63) is 36.4 Å². The van der Waals surface area contributed by atoms with Gasteiger partial charge in [-0.3, -0.25) is 0 Å². The summed E-state index contributed by atoms with van der Waals surface area (Å²) >= 11 is 0. The molecular formula is C27H49N5O2. The molecule has 0 N–H and O–H groups in total. The van der Waals surface area contributed by atoms with E-state index in [2.05, 4.69) is 37.7 Å². The first kappa shape index (κ1) is 29.9. The van der Waals surface area contributed by atoms with E-state index in [-0.39, 0.29) is 12.3 Å². The molecule has 2 rings (SSSR count). The first-order valence-corrected chi connectivity index (χ1v) is 13.3. The van der Waals surface area contributed by atoms with Gasteiger partial charge in [-0.15, -0.1) is 0 Å². The van der Waals surface area contributed by atoms with Crippen molar-refractivity contribution in [2.45, 2.75) is 91.4 Å². The van der Waals surface area contributed by atoms with Crippen LogP contribution in [0.25, 0.3) is 0 Å². The van der Waals surface area contributed by atoms with Crippen LogP contribution in [-0.2, 0) is 18.9 Å². The number of aryl methyl sites for hydroxylation is 2. The van der Waals surface area contributed by atoms with E-state index in [1.807, 2.05) is 14.1 Å². The van der Waals surface area contributed by atoms with Crippen molar-refractivity contribution in [3.63, 3.8) is 0 Å². The number of carboxylic acid groups (broad SMARTS) is 1. The normalized spacial score (nSPS) is 11.5. The van der Waals surface area contributed by atoms with Crippen LogP contribution in [0, 0.1) is 0 Å². The van der Waals surface area contributed by atoms with Crippen LogP contribution < -0.4 is 5.11 Å². The van der Waals surface area contributed by atoms with Crippen molar-refractivity contribution in [3.8, 4) is 0 Å². The molecule has 0 radical (unpaired) electrons. The molecule has 0 saturated carbocycles. The zero-order chi connectivity index (χ0) is 25.4. The summed E-state index contributed by atoms with van der Waals surface area (Å²) in [5.74, 6) is -0.159. The molecule has 0 aliphatic carbocycles. The average Bonchev–Trinajstić information content (AvgIpc) is 3.44. The Balaban J connectivity index is 0.000000340. The Hall–Kier alpha value is -2.15. The molecule has 0 aliphatic heterocycles. The van der Waals surface area contributed by atoms with Gasteiger partial charge in [-0.1, -0.05) is 53.4 Å². The Kier molecular flexibility index (Phi) is 14.5. The lowest BCUT2D eigenvalue weighted by Gasteiger charge is -2.39. The highest BCUT2D eigenvalue weighted by Crippen LogP contribution is 2.24. The Labute approximate surface area is 207 Å². The maximum absolute atomic E-state index is 10.8. The molecule has 0 atom stereocenters. The molecule has 7 heteroatoms. The minimum atomic E-state index is -1.11. The Bertz CT molecular complexity index is 721. The number of nitrogens with zero attached hydrogens (tertiary/aromatic N) is 5. The van der Waals surface area contributed by atoms with Gasteiger partial charge in [-0.05, 0) is 25.7 Å². The van der Waals surface area contributed by atoms with Gasteiger partial charge < -0.3 is 23.5 Å². The summed E-state index contributed by atoms with van der Waals surface area (Å²) < 4.78 is 5.01. The fourth-order valence-electron chi connectivity index (χ4n) is 4.54. The molecular weight excluding hydrogens is 426 g/mol. The van der Waals surface area contributed by atoms with Crippen molar-refractivity contribution in [1.29, 1.82) is 0 Å². The zero-order valence-corrected chi connectivity index (χ0v) is 22.6. The summed E-state index contributed by atoms with van der Waals surface area (Å²) in [5.41, 5.74) is 0. The maximum atomic E-state index is 10.8. The standard InChI is InChI=1S/C16H36N.C11H14N4O2/c1-5-9-13-17(14-10-6-2,15-11-7-3)16-12-8-4;1-14-5-3-12-10(14)8(7-9(16)17)11-13-4-6-15(11)2/h5-16H2,1-4H3;3-6,8H,7H2,1-2H3,(H,16,17)/q+1;/p-1. The van der Waals surface area contributed by atoms with E-state index < -0.39 is 5.97 Å². The van der Waals surface area contributed by atoms with E-state index >= 15 is 0 Å². The van der Waals surface area contributed by atoms with Gasteiger partial charge in [-0.2, -0.15) is 0 Å². The summed E-state index contributed by atoms with van der Waals surface area (Å²) in [6.45, 7) is 15.0. The van der Waals surface area contributed by atoms with Crippen molar-refractivity contribution in [2.24, 2.45) is 14.1 Å². The Morgan fingerprint density at radius 3 is 1.38 bits per heavy atom. The van der Waals surface area contributed by atoms with Gasteiger partial charge >= 0.3 is 0 Å². The minimum Gasteiger partial charge on any atom is -0.550 e. The molecule has 7 nitrogen and oxygen atoms in total. The maximum Gasteiger partial charge on any atom is 0.119 e. The van der Waals surface area contributed by atoms with Crippen LogP contribution in [0.5, 0.6) is 0 Å². The van der Waals surface area contributed by atoms with Crippen LogP contribution in [0.15, 0.2) is 24.8 Å². The second kappa shape index (κ2) is 16.5. The van der Waals surface area contributed by atoms with Crippen LogP contribution in [-0.4, -0.2) is 55.7 Å². The minimum absolute atomic E-state index is 0.129. The highest BCUT2D eigenvalue weighted by molar-refractivity contribution is 5.66. The van der Waals surface area contributed by atoms with Crippen molar-refractivity contribution < 1.29 is 14.4 Å². The van der Waals surface area contributed by atoms with Crippen LogP contribution >= 0.6 is 0 Å². The number of imidazole rings is 2. The molecule has 2 aromatic heterocycles. The highest BCUT2D eigenvalue weighted by Gasteiger charge is 2.25. The quantitative estimate of drug-likeness (QED) is 0.337. The van der Waals surface area contributed by atoms with Crippen LogP contribution in [0.2, 0.25) is 0 Å². The molecule has 0 aliphatic rings. The molecule has 0 saturated heterocycles. The van der Waals surface area contributed by atoms with E-state index in [0.717, 1.165) is 0 Å². The molecule has 0 fully saturated rings. The monoisotopic (exact) mass is 475 g/mol. The third kappa shape index (κ3) is 10.00. The van der Waals surface area contributed by atoms with E-state index in [1.165, 1.54) is 82.0 Å². The van der Waals surface area contributed by atoms with Gasteiger partial charge in [-0.25, -0.2) is 9.97 Å². The lowest BCUT2D eigenvalue weighted by Crippen LogP contribution is -2.50. The van der Waals surface area contributed by atoms with Crippen LogP contribution in [0.3, 0.4) is 0 Å². The molecule has 194 valence electrons. The summed E-state index contributed by atoms with van der Waals surface area (Å²) in [5, 5.41) is 10.8. The molecule has 0 aromatic carbocycles. The van der Waals surface area contributed by atoms with Gasteiger partial charge in [0.2, 0.25) is 0 Å². The molecule has 0 unspecified atom stereocenters. The highest BCUT2D eigenvalue weighted by atomic mass is 16.4. The summed E-state index contributed by atoms with van der Waals surface area (Å²) in [4.78, 5) is 19.2. The van der Waals surface area contributed by atoms with E-state index in [4.69, 9.17) is 0 Å². The third-order valence-electron chi connectivity index (χ3n) is 6.66. The zero-order valence-electron chi connectivity index (χ0n) is 22.6. The van der Waals surface area contributed by atoms with E-state index in [9.17, 15) is 9.90 Å². The molecule has 0 amide bonds. The Morgan fingerprint density at radius 2 is 1.15 bits per heavy atom. The fraction of sp³-hybridized carbons (Fsp3) is 0.741. The number of carbonyl (C=O) groups is 1. The predicted octanol–water partition coefficient (Wildman–Crippen LogP) is 4.43. The van der Waals surface area contributed by atoms with Crippen molar-refractivity contribution in [1.82, 2.24) is 19.1 Å². The van der Waals surface area contributed by atoms with Gasteiger partial charge in [0.1, 0.15) is 11.6 Å². The second-order valence-corrected chi connectivity index (χ2v) is 9.57. The number of aliphatic carboxylic acids is 1. The third-order valence-corrected chi connectivity index (χ3v) is 6.66. The number of hydrogen-bond donors (Lipinski definition) is 0. The number of rotatable bonds is 16. The van der Waals surface area contributed by atoms with Gasteiger partial charge in [0.15, 0.2) is 0 Å². The smallest absolute Gasteiger partial charge is 0.119 e. The van der Waals surface area contributed by atoms with E-state index in [0.29, 0.717) is 11.6 Å². The largest absolute Gasteiger partial charge is 0.550 e. The van der Waals surface area contributed by atoms with Crippen LogP contribution in [0.4, 0.5) is 0 Å². The number of quaternary nitrogens is 1. The average molecular weight is 476 g/mol. The van der Waals surface area contributed by atoms with Crippen LogP contribution in [0.1, 0.15) is 103 Å². The molecule has 2 aromatic rings. The predicted molar refractivity (Wildman–Crippen MR) is 137 cm³/mol. The fourth-order valence-corrected chi connectivity index (χ4v) is 4.54. The lowest BCUT2D eigenvalue weighted by atomic mass is 10.0. The first-order chi connectivity index (χ1) is 16.3. The van der Waals surface area contributed by atoms with Crippen molar-refractivity contribution in [2.75, 3.05) is 26.2 Å². The number of unbranched alkanes of at least 4 members (excludes halogenated alkanes) is 4. The molecule has 34 heavy (non-hydrogen) atoms. The van der Waals surface area contributed by atoms with Gasteiger partial charge in [0, 0.05) is 51.3 Å². The lowest BCUT2D eigenvalue weighted by molar-refractivity contribution is -0.929. The number of aromatic nitrogens is 4. The number of carboxylic acids is 1. The number of hydrogen-bond acceptors (Lipinski definition) is 4. The topological polar surface area (TPSA) is 75.8 Å². The molecule has 0 spiro atoms. The van der Waals surface area contributed by atoms with Gasteiger partial charge in [0.05, 0.1) is 32.1 Å². The number of carbonyl (C=O) groups excluding carboxylic acids is 1. The SMILES string of the molecule is CCCC[N+](CCCC)(CCCC)CCCC.Cn1ccnc1C(CC(=O)[O-])c1nccn1C. The molecule has 0 bridgehead atoms. The second-order valence-electron chi connectivity index (χ2n) is 9.57. The van der Waals surface area contributed by atoms with Crippen molar-refractivity contribution >= 4 is 5.97 Å². The molecule has 2 heterocycles. The summed E-state index contributed by atoms with van der Waals surface area (Å²) in [7, 11) is 3.65. The summed E-state index contributed by atoms with van der Waals surface area (Å²) in [6.07, 6.45) is 17.8. The van der Waals surface area contributed by atoms with E-state index in [1.54, 1.807) is 33.9 Å².